The topological polar surface area (TPSA) is 90.2 Å². The van der Waals surface area contributed by atoms with Gasteiger partial charge in [-0.15, -0.1) is 0 Å². The van der Waals surface area contributed by atoms with Crippen molar-refractivity contribution in [3.63, 3.8) is 0 Å². The summed E-state index contributed by atoms with van der Waals surface area (Å²) in [6.45, 7) is 2.05. The van der Waals surface area contributed by atoms with Gasteiger partial charge in [0, 0.05) is 7.05 Å². The van der Waals surface area contributed by atoms with Crippen LogP contribution in [0.25, 0.3) is 0 Å². The average Bonchev–Trinajstić information content (AvgIpc) is 2.47. The lowest BCUT2D eigenvalue weighted by molar-refractivity contribution is -0.386. The maximum absolute atomic E-state index is 10.9. The number of anilines is 1. The Balaban J connectivity index is 2.32. The van der Waals surface area contributed by atoms with Crippen LogP contribution < -0.4 is 10.1 Å². The molecule has 0 bridgehead atoms. The number of hydrogen-bond donors (Lipinski definition) is 1. The van der Waals surface area contributed by atoms with E-state index in [0.29, 0.717) is 5.75 Å². The molecule has 0 radical (unpaired) electrons. The molecule has 2 rings (SSSR count). The van der Waals surface area contributed by atoms with Gasteiger partial charge in [0.15, 0.2) is 0 Å². The molecule has 1 heterocycles. The van der Waals surface area contributed by atoms with Gasteiger partial charge in [-0.25, -0.2) is 4.98 Å². The maximum atomic E-state index is 10.9. The zero-order valence-electron chi connectivity index (χ0n) is 11.2. The van der Waals surface area contributed by atoms with Crippen molar-refractivity contribution in [1.82, 2.24) is 9.97 Å². The predicted octanol–water partition coefficient (Wildman–Crippen LogP) is 2.78. The Morgan fingerprint density at radius 2 is 2.05 bits per heavy atom. The highest BCUT2D eigenvalue weighted by Gasteiger charge is 2.19. The lowest BCUT2D eigenvalue weighted by Gasteiger charge is -2.07. The minimum absolute atomic E-state index is 0.0846. The summed E-state index contributed by atoms with van der Waals surface area (Å²) in [5, 5.41) is 13.6. The summed E-state index contributed by atoms with van der Waals surface area (Å²) >= 11 is 0. The largest absolute Gasteiger partial charge is 0.434 e. The fourth-order valence-corrected chi connectivity index (χ4v) is 1.59. The van der Waals surface area contributed by atoms with Crippen molar-refractivity contribution in [2.45, 2.75) is 13.3 Å². The van der Waals surface area contributed by atoms with E-state index in [1.807, 2.05) is 19.1 Å². The first-order valence-electron chi connectivity index (χ1n) is 6.10. The maximum Gasteiger partial charge on any atom is 0.349 e. The van der Waals surface area contributed by atoms with Crippen LogP contribution in [0.2, 0.25) is 0 Å². The zero-order valence-corrected chi connectivity index (χ0v) is 11.2. The van der Waals surface area contributed by atoms with Crippen LogP contribution in [0.1, 0.15) is 12.5 Å². The molecule has 0 aliphatic heterocycles. The molecule has 2 aromatic rings. The Morgan fingerprint density at radius 1 is 1.35 bits per heavy atom. The molecular formula is C13H14N4O3. The van der Waals surface area contributed by atoms with E-state index in [1.54, 1.807) is 19.2 Å². The van der Waals surface area contributed by atoms with Crippen molar-refractivity contribution in [2.75, 3.05) is 12.4 Å². The first-order chi connectivity index (χ1) is 9.63. The first-order valence-corrected chi connectivity index (χ1v) is 6.10. The summed E-state index contributed by atoms with van der Waals surface area (Å²) in [5.41, 5.74) is 0.883. The molecule has 0 saturated heterocycles. The molecule has 0 aliphatic carbocycles. The van der Waals surface area contributed by atoms with Crippen LogP contribution in [0.5, 0.6) is 11.6 Å². The number of aryl methyl sites for hydroxylation is 1. The third-order valence-electron chi connectivity index (χ3n) is 2.70. The molecule has 0 atom stereocenters. The Bertz CT molecular complexity index is 614. The second-order valence-electron chi connectivity index (χ2n) is 3.99. The van der Waals surface area contributed by atoms with Crippen LogP contribution in [-0.4, -0.2) is 21.9 Å². The number of nitro groups is 1. The zero-order chi connectivity index (χ0) is 14.5. The highest BCUT2D eigenvalue weighted by Crippen LogP contribution is 2.29. The third-order valence-corrected chi connectivity index (χ3v) is 2.70. The van der Waals surface area contributed by atoms with Gasteiger partial charge in [0.2, 0.25) is 5.95 Å². The lowest BCUT2D eigenvalue weighted by atomic mass is 10.2. The monoisotopic (exact) mass is 274 g/mol. The van der Waals surface area contributed by atoms with E-state index < -0.39 is 4.92 Å². The highest BCUT2D eigenvalue weighted by molar-refractivity contribution is 5.45. The Hall–Kier alpha value is -2.70. The number of rotatable bonds is 5. The molecule has 20 heavy (non-hydrogen) atoms. The first kappa shape index (κ1) is 13.7. The van der Waals surface area contributed by atoms with Crippen molar-refractivity contribution in [2.24, 2.45) is 0 Å². The molecule has 0 amide bonds. The molecule has 7 heteroatoms. The molecule has 1 aromatic carbocycles. The summed E-state index contributed by atoms with van der Waals surface area (Å²) in [6, 6.07) is 7.32. The van der Waals surface area contributed by atoms with Gasteiger partial charge in [-0.3, -0.25) is 10.1 Å². The third kappa shape index (κ3) is 3.00. The second-order valence-corrected chi connectivity index (χ2v) is 3.99. The standard InChI is InChI=1S/C13H14N4O3/c1-3-9-4-6-10(7-5-9)20-12-11(17(18)19)8-15-13(14-2)16-12/h4-8H,3H2,1-2H3,(H,14,15,16). The molecule has 1 aromatic heterocycles. The Morgan fingerprint density at radius 3 is 2.60 bits per heavy atom. The number of nitrogens with zero attached hydrogens (tertiary/aromatic N) is 3. The van der Waals surface area contributed by atoms with Crippen LogP contribution in [-0.2, 0) is 6.42 Å². The summed E-state index contributed by atoms with van der Waals surface area (Å²) in [5.74, 6) is 0.667. The van der Waals surface area contributed by atoms with E-state index >= 15 is 0 Å². The van der Waals surface area contributed by atoms with E-state index in [2.05, 4.69) is 15.3 Å². The van der Waals surface area contributed by atoms with Gasteiger partial charge in [0.1, 0.15) is 11.9 Å². The van der Waals surface area contributed by atoms with Crippen LogP contribution in [0.3, 0.4) is 0 Å². The van der Waals surface area contributed by atoms with Crippen molar-refractivity contribution < 1.29 is 9.66 Å². The molecule has 0 saturated carbocycles. The lowest BCUT2D eigenvalue weighted by Crippen LogP contribution is -2.02. The van der Waals surface area contributed by atoms with E-state index in [4.69, 9.17) is 4.74 Å². The summed E-state index contributed by atoms with van der Waals surface area (Å²) in [7, 11) is 1.63. The number of nitrogens with one attached hydrogen (secondary N) is 1. The van der Waals surface area contributed by atoms with E-state index in [-0.39, 0.29) is 17.5 Å². The molecule has 0 unspecified atom stereocenters. The Labute approximate surface area is 115 Å². The Kier molecular flexibility index (Phi) is 4.09. The molecule has 0 fully saturated rings. The van der Waals surface area contributed by atoms with Crippen molar-refractivity contribution in [3.05, 3.63) is 46.1 Å². The van der Waals surface area contributed by atoms with E-state index in [0.717, 1.165) is 18.2 Å². The summed E-state index contributed by atoms with van der Waals surface area (Å²) < 4.78 is 5.48. The minimum atomic E-state index is -0.574. The number of hydrogen-bond acceptors (Lipinski definition) is 6. The molecular weight excluding hydrogens is 260 g/mol. The quantitative estimate of drug-likeness (QED) is 0.666. The number of benzene rings is 1. The van der Waals surface area contributed by atoms with Crippen LogP contribution >= 0.6 is 0 Å². The fourth-order valence-electron chi connectivity index (χ4n) is 1.59. The van der Waals surface area contributed by atoms with Crippen LogP contribution in [0.4, 0.5) is 11.6 Å². The molecule has 104 valence electrons. The van der Waals surface area contributed by atoms with Crippen LogP contribution in [0.15, 0.2) is 30.5 Å². The van der Waals surface area contributed by atoms with Gasteiger partial charge in [-0.1, -0.05) is 19.1 Å². The van der Waals surface area contributed by atoms with Crippen molar-refractivity contribution in [1.29, 1.82) is 0 Å². The fraction of sp³-hybridized carbons (Fsp3) is 0.231. The molecule has 7 nitrogen and oxygen atoms in total. The van der Waals surface area contributed by atoms with Gasteiger partial charge < -0.3 is 10.1 Å². The number of aromatic nitrogens is 2. The summed E-state index contributed by atoms with van der Waals surface area (Å²) in [4.78, 5) is 18.1. The van der Waals surface area contributed by atoms with Gasteiger partial charge in [-0.2, -0.15) is 4.98 Å². The van der Waals surface area contributed by atoms with Crippen LogP contribution in [0, 0.1) is 10.1 Å². The van der Waals surface area contributed by atoms with E-state index in [9.17, 15) is 10.1 Å². The van der Waals surface area contributed by atoms with E-state index in [1.165, 1.54) is 0 Å². The van der Waals surface area contributed by atoms with Crippen molar-refractivity contribution >= 4 is 11.6 Å². The molecule has 0 spiro atoms. The number of ether oxygens (including phenoxy) is 1. The predicted molar refractivity (Wildman–Crippen MR) is 74.1 cm³/mol. The molecule has 0 aliphatic rings. The normalized spacial score (nSPS) is 10.1. The van der Waals surface area contributed by atoms with Gasteiger partial charge >= 0.3 is 11.6 Å². The molecule has 1 N–H and O–H groups in total. The average molecular weight is 274 g/mol. The smallest absolute Gasteiger partial charge is 0.349 e. The minimum Gasteiger partial charge on any atom is -0.434 e. The van der Waals surface area contributed by atoms with Crippen molar-refractivity contribution in [3.8, 4) is 11.6 Å². The highest BCUT2D eigenvalue weighted by atomic mass is 16.6. The SMILES string of the molecule is CCc1ccc(Oc2nc(NC)ncc2[N+](=O)[O-])cc1. The second kappa shape index (κ2) is 5.96. The van der Waals surface area contributed by atoms with Gasteiger partial charge in [-0.05, 0) is 24.1 Å². The van der Waals surface area contributed by atoms with Gasteiger partial charge in [0.25, 0.3) is 0 Å². The van der Waals surface area contributed by atoms with Gasteiger partial charge in [0.05, 0.1) is 4.92 Å². The summed E-state index contributed by atoms with van der Waals surface area (Å²) in [6.07, 6.45) is 2.03.